The zero-order valence-corrected chi connectivity index (χ0v) is 11.4. The number of carbonyl (C=O) groups is 1. The molecule has 1 aliphatic rings. The smallest absolute Gasteiger partial charge is 0.270 e. The first-order valence-corrected chi connectivity index (χ1v) is 6.82. The topological polar surface area (TPSA) is 56.2 Å². The molecule has 0 spiro atoms. The Labute approximate surface area is 117 Å². The maximum atomic E-state index is 12.4. The molecule has 20 heavy (non-hydrogen) atoms. The summed E-state index contributed by atoms with van der Waals surface area (Å²) in [6.07, 6.45) is 4.06. The molecule has 2 aromatic rings. The fraction of sp³-hybridized carbons (Fsp3) is 0.333. The van der Waals surface area contributed by atoms with Gasteiger partial charge in [-0.25, -0.2) is 4.98 Å². The van der Waals surface area contributed by atoms with E-state index in [1.54, 1.807) is 12.5 Å². The molecule has 0 fully saturated rings. The molecule has 1 N–H and O–H groups in total. The van der Waals surface area contributed by atoms with E-state index in [1.807, 2.05) is 35.8 Å². The Morgan fingerprint density at radius 2 is 2.35 bits per heavy atom. The third kappa shape index (κ3) is 2.27. The minimum absolute atomic E-state index is 0.00680. The van der Waals surface area contributed by atoms with Crippen LogP contribution in [-0.4, -0.2) is 22.1 Å². The summed E-state index contributed by atoms with van der Waals surface area (Å²) in [4.78, 5) is 16.4. The molecule has 0 saturated carbocycles. The summed E-state index contributed by atoms with van der Waals surface area (Å²) in [5.74, 6) is 0.763. The average molecular weight is 271 g/mol. The number of nitrogens with zero attached hydrogens (tertiary/aromatic N) is 2. The van der Waals surface area contributed by atoms with Crippen LogP contribution in [0.3, 0.4) is 0 Å². The lowest BCUT2D eigenvalue weighted by molar-refractivity contribution is 0.0915. The number of aromatic nitrogens is 2. The van der Waals surface area contributed by atoms with Crippen LogP contribution in [0.1, 0.15) is 35.4 Å². The van der Waals surface area contributed by atoms with Crippen LogP contribution in [0, 0.1) is 0 Å². The normalized spacial score (nSPS) is 17.1. The van der Waals surface area contributed by atoms with E-state index in [4.69, 9.17) is 4.74 Å². The molecular formula is C15H17N3O2. The zero-order chi connectivity index (χ0) is 13.9. The Bertz CT molecular complexity index is 621. The quantitative estimate of drug-likeness (QED) is 0.930. The number of hydrogen-bond donors (Lipinski definition) is 1. The van der Waals surface area contributed by atoms with Crippen molar-refractivity contribution in [3.05, 3.63) is 48.0 Å². The number of carbonyl (C=O) groups excluding carboxylic acids is 1. The van der Waals surface area contributed by atoms with Gasteiger partial charge in [0, 0.05) is 18.5 Å². The van der Waals surface area contributed by atoms with Crippen LogP contribution in [0.4, 0.5) is 0 Å². The molecule has 0 bridgehead atoms. The van der Waals surface area contributed by atoms with Crippen molar-refractivity contribution in [3.63, 3.8) is 0 Å². The summed E-state index contributed by atoms with van der Waals surface area (Å²) in [5, 5.41) is 3.07. The van der Waals surface area contributed by atoms with Crippen molar-refractivity contribution in [1.82, 2.24) is 14.9 Å². The molecule has 1 amide bonds. The third-order valence-corrected chi connectivity index (χ3v) is 3.55. The van der Waals surface area contributed by atoms with E-state index in [-0.39, 0.29) is 11.9 Å². The monoisotopic (exact) mass is 271 g/mol. The van der Waals surface area contributed by atoms with Crippen LogP contribution in [0.5, 0.6) is 5.75 Å². The molecule has 2 heterocycles. The second kappa shape index (κ2) is 5.36. The van der Waals surface area contributed by atoms with Gasteiger partial charge in [0.1, 0.15) is 11.4 Å². The van der Waals surface area contributed by atoms with E-state index >= 15 is 0 Å². The number of fused-ring (bicyclic) bond motifs is 1. The van der Waals surface area contributed by atoms with Crippen LogP contribution in [0.2, 0.25) is 0 Å². The lowest BCUT2D eigenvalue weighted by Crippen LogP contribution is -2.33. The Kier molecular flexibility index (Phi) is 3.41. The first-order valence-electron chi connectivity index (χ1n) is 6.82. The first kappa shape index (κ1) is 12.7. The maximum Gasteiger partial charge on any atom is 0.270 e. The summed E-state index contributed by atoms with van der Waals surface area (Å²) < 4.78 is 7.44. The van der Waals surface area contributed by atoms with E-state index in [9.17, 15) is 4.79 Å². The first-order chi connectivity index (χ1) is 9.79. The zero-order valence-electron chi connectivity index (χ0n) is 11.4. The standard InChI is InChI=1S/C15H17N3O2/c1-2-18-10-16-9-13(18)15(19)17-12-7-8-20-14-6-4-3-5-11(12)14/h3-6,9-10,12H,2,7-8H2,1H3,(H,17,19)/t12-/m0/s1. The summed E-state index contributed by atoms with van der Waals surface area (Å²) >= 11 is 0. The molecule has 0 unspecified atom stereocenters. The Balaban J connectivity index is 1.81. The summed E-state index contributed by atoms with van der Waals surface area (Å²) in [6.45, 7) is 3.34. The van der Waals surface area contributed by atoms with Crippen molar-refractivity contribution in [2.75, 3.05) is 6.61 Å². The number of para-hydroxylation sites is 1. The van der Waals surface area contributed by atoms with Gasteiger partial charge in [0.15, 0.2) is 0 Å². The Morgan fingerprint density at radius 3 is 3.20 bits per heavy atom. The van der Waals surface area contributed by atoms with Crippen LogP contribution in [0.15, 0.2) is 36.8 Å². The van der Waals surface area contributed by atoms with E-state index in [1.165, 1.54) is 0 Å². The highest BCUT2D eigenvalue weighted by Gasteiger charge is 2.24. The maximum absolute atomic E-state index is 12.4. The van der Waals surface area contributed by atoms with Gasteiger partial charge < -0.3 is 14.6 Å². The lowest BCUT2D eigenvalue weighted by Gasteiger charge is -2.26. The SMILES string of the molecule is CCn1cncc1C(=O)N[C@H]1CCOc2ccccc21. The highest BCUT2D eigenvalue weighted by Crippen LogP contribution is 2.31. The van der Waals surface area contributed by atoms with Gasteiger partial charge in [-0.1, -0.05) is 18.2 Å². The average Bonchev–Trinajstić information content (AvgIpc) is 2.96. The lowest BCUT2D eigenvalue weighted by atomic mass is 10.0. The number of aryl methyl sites for hydroxylation is 1. The van der Waals surface area contributed by atoms with Gasteiger partial charge in [-0.05, 0) is 13.0 Å². The second-order valence-electron chi connectivity index (χ2n) is 4.77. The molecule has 1 atom stereocenters. The fourth-order valence-corrected chi connectivity index (χ4v) is 2.49. The van der Waals surface area contributed by atoms with Crippen LogP contribution in [-0.2, 0) is 6.54 Å². The molecule has 3 rings (SSSR count). The fourth-order valence-electron chi connectivity index (χ4n) is 2.49. The number of rotatable bonds is 3. The van der Waals surface area contributed by atoms with Crippen molar-refractivity contribution < 1.29 is 9.53 Å². The van der Waals surface area contributed by atoms with E-state index < -0.39 is 0 Å². The van der Waals surface area contributed by atoms with Crippen LogP contribution in [0.25, 0.3) is 0 Å². The van der Waals surface area contributed by atoms with E-state index in [0.717, 1.165) is 24.3 Å². The van der Waals surface area contributed by atoms with Crippen LogP contribution < -0.4 is 10.1 Å². The largest absolute Gasteiger partial charge is 0.493 e. The summed E-state index contributed by atoms with van der Waals surface area (Å²) in [5.41, 5.74) is 1.63. The molecular weight excluding hydrogens is 254 g/mol. The molecule has 0 saturated heterocycles. The minimum atomic E-state index is -0.0916. The molecule has 5 nitrogen and oxygen atoms in total. The number of amides is 1. The highest BCUT2D eigenvalue weighted by atomic mass is 16.5. The van der Waals surface area contributed by atoms with Crippen molar-refractivity contribution in [2.24, 2.45) is 0 Å². The van der Waals surface area contributed by atoms with Gasteiger partial charge in [0.25, 0.3) is 5.91 Å². The molecule has 1 aromatic heterocycles. The Hall–Kier alpha value is -2.30. The van der Waals surface area contributed by atoms with Crippen molar-refractivity contribution in [2.45, 2.75) is 25.9 Å². The molecule has 5 heteroatoms. The van der Waals surface area contributed by atoms with Crippen molar-refractivity contribution >= 4 is 5.91 Å². The van der Waals surface area contributed by atoms with Gasteiger partial charge in [-0.15, -0.1) is 0 Å². The molecule has 0 aliphatic carbocycles. The van der Waals surface area contributed by atoms with Gasteiger partial charge in [0.2, 0.25) is 0 Å². The van der Waals surface area contributed by atoms with E-state index in [2.05, 4.69) is 10.3 Å². The summed E-state index contributed by atoms with van der Waals surface area (Å²) in [7, 11) is 0. The van der Waals surface area contributed by atoms with Crippen molar-refractivity contribution in [1.29, 1.82) is 0 Å². The van der Waals surface area contributed by atoms with E-state index in [0.29, 0.717) is 12.3 Å². The summed E-state index contributed by atoms with van der Waals surface area (Å²) in [6, 6.07) is 7.83. The third-order valence-electron chi connectivity index (χ3n) is 3.55. The number of benzene rings is 1. The molecule has 104 valence electrons. The van der Waals surface area contributed by atoms with Crippen LogP contribution >= 0.6 is 0 Å². The van der Waals surface area contributed by atoms with Gasteiger partial charge >= 0.3 is 0 Å². The van der Waals surface area contributed by atoms with Gasteiger partial charge in [-0.2, -0.15) is 0 Å². The molecule has 0 radical (unpaired) electrons. The minimum Gasteiger partial charge on any atom is -0.493 e. The predicted molar refractivity (Wildman–Crippen MR) is 74.7 cm³/mol. The highest BCUT2D eigenvalue weighted by molar-refractivity contribution is 5.92. The van der Waals surface area contributed by atoms with Gasteiger partial charge in [-0.3, -0.25) is 4.79 Å². The number of imidazole rings is 1. The van der Waals surface area contributed by atoms with Gasteiger partial charge in [0.05, 0.1) is 25.2 Å². The number of hydrogen-bond acceptors (Lipinski definition) is 3. The molecule has 1 aliphatic heterocycles. The second-order valence-corrected chi connectivity index (χ2v) is 4.77. The predicted octanol–water partition coefficient (Wildman–Crippen LogP) is 2.16. The van der Waals surface area contributed by atoms with Crippen molar-refractivity contribution in [3.8, 4) is 5.75 Å². The number of nitrogens with one attached hydrogen (secondary N) is 1. The molecule has 1 aromatic carbocycles. The Morgan fingerprint density at radius 1 is 1.50 bits per heavy atom. The number of ether oxygens (including phenoxy) is 1.